The molecule has 170 valence electrons. The highest BCUT2D eigenvalue weighted by Crippen LogP contribution is 2.36. The number of halogens is 1. The molecule has 2 aliphatic heterocycles. The van der Waals surface area contributed by atoms with Crippen LogP contribution in [0, 0.1) is 0 Å². The van der Waals surface area contributed by atoms with Crippen molar-refractivity contribution in [2.45, 2.75) is 0 Å². The molecule has 0 unspecified atom stereocenters. The monoisotopic (exact) mass is 465 g/mol. The van der Waals surface area contributed by atoms with Gasteiger partial charge in [-0.2, -0.15) is 0 Å². The molecule has 0 bridgehead atoms. The summed E-state index contributed by atoms with van der Waals surface area (Å²) >= 11 is 6.11. The van der Waals surface area contributed by atoms with Crippen LogP contribution in [0.15, 0.2) is 60.8 Å². The van der Waals surface area contributed by atoms with E-state index in [1.807, 2.05) is 64.8 Å². The van der Waals surface area contributed by atoms with Gasteiger partial charge < -0.3 is 14.4 Å². The lowest BCUT2D eigenvalue weighted by Crippen LogP contribution is -2.71. The van der Waals surface area contributed by atoms with Crippen molar-refractivity contribution in [1.29, 1.82) is 0 Å². The maximum absolute atomic E-state index is 12.7. The Kier molecular flexibility index (Phi) is 6.55. The first-order valence-electron chi connectivity index (χ1n) is 11.1. The number of hydrogen-bond donors (Lipinski definition) is 1. The fraction of sp³-hybridized carbons (Fsp3) is 0.280. The van der Waals surface area contributed by atoms with Gasteiger partial charge in [-0.3, -0.25) is 15.0 Å². The Morgan fingerprint density at radius 2 is 1.85 bits per heavy atom. The van der Waals surface area contributed by atoms with Crippen LogP contribution >= 0.6 is 11.6 Å². The highest BCUT2D eigenvalue weighted by atomic mass is 35.5. The van der Waals surface area contributed by atoms with Gasteiger partial charge >= 0.3 is 0 Å². The molecular weight excluding hydrogens is 440 g/mol. The Hall–Kier alpha value is -2.97. The number of benzene rings is 2. The average molecular weight is 466 g/mol. The van der Waals surface area contributed by atoms with E-state index in [0.29, 0.717) is 11.6 Å². The molecule has 7 nitrogen and oxygen atoms in total. The predicted octanol–water partition coefficient (Wildman–Crippen LogP) is 2.99. The summed E-state index contributed by atoms with van der Waals surface area (Å²) in [6, 6.07) is 17.7. The number of fused-ring (bicyclic) bond motifs is 1. The summed E-state index contributed by atoms with van der Waals surface area (Å²) in [7, 11) is 0. The molecular formula is C25H26ClN4O3+. The Balaban J connectivity index is 1.38. The minimum Gasteiger partial charge on any atom is -0.482 e. The van der Waals surface area contributed by atoms with Gasteiger partial charge in [-0.25, -0.2) is 4.98 Å². The Morgan fingerprint density at radius 1 is 1.00 bits per heavy atom. The van der Waals surface area contributed by atoms with E-state index in [2.05, 4.69) is 9.88 Å². The molecule has 1 fully saturated rings. The van der Waals surface area contributed by atoms with Gasteiger partial charge in [0.2, 0.25) is 5.82 Å². The topological polar surface area (TPSA) is 71.5 Å². The molecule has 33 heavy (non-hydrogen) atoms. The van der Waals surface area contributed by atoms with Crippen LogP contribution in [0.25, 0.3) is 11.1 Å². The zero-order valence-corrected chi connectivity index (χ0v) is 19.0. The van der Waals surface area contributed by atoms with Crippen LogP contribution < -0.4 is 15.0 Å². The summed E-state index contributed by atoms with van der Waals surface area (Å²) in [5.74, 6) is 1.56. The largest absolute Gasteiger partial charge is 0.482 e. The van der Waals surface area contributed by atoms with Crippen molar-refractivity contribution in [3.63, 3.8) is 0 Å². The summed E-state index contributed by atoms with van der Waals surface area (Å²) in [4.78, 5) is 21.4. The lowest BCUT2D eigenvalue weighted by atomic mass is 10.0. The summed E-state index contributed by atoms with van der Waals surface area (Å²) in [6.45, 7) is 4.80. The van der Waals surface area contributed by atoms with Crippen LogP contribution in [0.4, 0.5) is 17.2 Å². The molecule has 3 aromatic rings. The van der Waals surface area contributed by atoms with Gasteiger partial charge in [0.05, 0.1) is 18.9 Å². The quantitative estimate of drug-likeness (QED) is 0.567. The second-order valence-electron chi connectivity index (χ2n) is 8.14. The number of quaternary nitrogens is 1. The van der Waals surface area contributed by atoms with Gasteiger partial charge in [0.25, 0.3) is 5.91 Å². The average Bonchev–Trinajstić information content (AvgIpc) is 2.84. The van der Waals surface area contributed by atoms with Crippen molar-refractivity contribution in [2.24, 2.45) is 0 Å². The molecule has 3 heterocycles. The lowest BCUT2D eigenvalue weighted by molar-refractivity contribution is -0.482. The number of pyridine rings is 1. The van der Waals surface area contributed by atoms with E-state index in [1.165, 1.54) is 0 Å². The molecule has 0 aliphatic carbocycles. The molecule has 1 aromatic heterocycles. The van der Waals surface area contributed by atoms with Gasteiger partial charge in [-0.1, -0.05) is 23.7 Å². The third kappa shape index (κ3) is 5.17. The molecule has 0 radical (unpaired) electrons. The molecule has 1 amide bonds. The summed E-state index contributed by atoms with van der Waals surface area (Å²) in [5, 5.41) is 2.69. The van der Waals surface area contributed by atoms with E-state index in [-0.39, 0.29) is 12.5 Å². The van der Waals surface area contributed by atoms with Crippen LogP contribution in [0.5, 0.6) is 5.75 Å². The molecule has 0 saturated carbocycles. The molecule has 8 heteroatoms. The molecule has 2 N–H and O–H groups in total. The van der Waals surface area contributed by atoms with E-state index in [9.17, 15) is 4.79 Å². The molecule has 0 spiro atoms. The first-order chi connectivity index (χ1) is 16.2. The Labute approximate surface area is 197 Å². The molecule has 2 aromatic carbocycles. The minimum atomic E-state index is -0.0161. The van der Waals surface area contributed by atoms with E-state index < -0.39 is 0 Å². The number of nitrogens with zero attached hydrogens (tertiary/aromatic N) is 3. The fourth-order valence-corrected chi connectivity index (χ4v) is 4.37. The number of hydrogen-bond acceptors (Lipinski definition) is 5. The zero-order chi connectivity index (χ0) is 22.6. The van der Waals surface area contributed by atoms with Crippen molar-refractivity contribution in [1.82, 2.24) is 9.88 Å². The highest BCUT2D eigenvalue weighted by molar-refractivity contribution is 6.30. The normalized spacial score (nSPS) is 16.4. The van der Waals surface area contributed by atoms with Crippen molar-refractivity contribution in [2.75, 3.05) is 50.9 Å². The highest BCUT2D eigenvalue weighted by Gasteiger charge is 2.26. The molecule has 5 rings (SSSR count). The number of nitrogens with two attached hydrogens (primary N) is 1. The van der Waals surface area contributed by atoms with E-state index >= 15 is 0 Å². The summed E-state index contributed by atoms with van der Waals surface area (Å²) < 4.78 is 11.1. The second-order valence-corrected chi connectivity index (χ2v) is 8.58. The third-order valence-corrected chi connectivity index (χ3v) is 6.16. The van der Waals surface area contributed by atoms with Crippen molar-refractivity contribution in [3.05, 3.63) is 65.8 Å². The molecule has 1 saturated heterocycles. The third-order valence-electron chi connectivity index (χ3n) is 5.92. The number of anilines is 1. The lowest BCUT2D eigenvalue weighted by Gasteiger charge is -2.33. The van der Waals surface area contributed by atoms with E-state index in [1.54, 1.807) is 6.20 Å². The van der Waals surface area contributed by atoms with Crippen LogP contribution in [0.2, 0.25) is 5.02 Å². The van der Waals surface area contributed by atoms with Gasteiger partial charge in [-0.15, -0.1) is 0 Å². The fourth-order valence-electron chi connectivity index (χ4n) is 4.17. The molecule has 0 atom stereocenters. The summed E-state index contributed by atoms with van der Waals surface area (Å²) in [6.07, 6.45) is 1.79. The van der Waals surface area contributed by atoms with Crippen molar-refractivity contribution >= 4 is 34.7 Å². The number of carbonyl (C=O) groups is 1. The SMILES string of the molecule is O=C1COc2ccc(-c3ccnc([NH2+]c4cccc(Cl)c4)c3)cc2N1CCN1CCOCC1. The second kappa shape index (κ2) is 9.89. The van der Waals surface area contributed by atoms with Gasteiger partial charge in [0.15, 0.2) is 6.61 Å². The van der Waals surface area contributed by atoms with E-state index in [4.69, 9.17) is 21.1 Å². The van der Waals surface area contributed by atoms with Gasteiger partial charge in [0.1, 0.15) is 11.4 Å². The van der Waals surface area contributed by atoms with Gasteiger partial charge in [-0.05, 0) is 41.5 Å². The smallest absolute Gasteiger partial charge is 0.265 e. The number of ether oxygens (including phenoxy) is 2. The Bertz CT molecular complexity index is 1150. The number of rotatable bonds is 6. The number of morpholine rings is 1. The van der Waals surface area contributed by atoms with Crippen LogP contribution in [-0.4, -0.2) is 61.8 Å². The maximum Gasteiger partial charge on any atom is 0.265 e. The molecule has 2 aliphatic rings. The van der Waals surface area contributed by atoms with Gasteiger partial charge in [0, 0.05) is 49.5 Å². The van der Waals surface area contributed by atoms with Crippen LogP contribution in [-0.2, 0) is 9.53 Å². The predicted molar refractivity (Wildman–Crippen MR) is 127 cm³/mol. The van der Waals surface area contributed by atoms with Crippen molar-refractivity contribution < 1.29 is 19.6 Å². The van der Waals surface area contributed by atoms with Crippen molar-refractivity contribution in [3.8, 4) is 16.9 Å². The summed E-state index contributed by atoms with van der Waals surface area (Å²) in [5.41, 5.74) is 3.83. The van der Waals surface area contributed by atoms with Crippen LogP contribution in [0.3, 0.4) is 0 Å². The minimum absolute atomic E-state index is 0.0161. The Morgan fingerprint density at radius 3 is 2.70 bits per heavy atom. The first kappa shape index (κ1) is 21.9. The van der Waals surface area contributed by atoms with Crippen LogP contribution in [0.1, 0.15) is 0 Å². The maximum atomic E-state index is 12.7. The first-order valence-corrected chi connectivity index (χ1v) is 11.5. The standard InChI is InChI=1S/C25H25ClN4O3/c26-20-2-1-3-21(16-20)28-24-15-19(6-7-27-24)18-4-5-23-22(14-18)30(25(31)17-33-23)9-8-29-10-12-32-13-11-29/h1-7,14-16H,8-13,17H2,(H,27,28)/p+1. The number of carbonyl (C=O) groups excluding carboxylic acids is 1. The van der Waals surface area contributed by atoms with E-state index in [0.717, 1.165) is 66.9 Å². The number of aromatic nitrogens is 1. The zero-order valence-electron chi connectivity index (χ0n) is 18.2. The number of amides is 1.